The van der Waals surface area contributed by atoms with E-state index in [0.29, 0.717) is 12.1 Å². The molecule has 0 unspecified atom stereocenters. The van der Waals surface area contributed by atoms with Crippen molar-refractivity contribution in [1.29, 1.82) is 0 Å². The van der Waals surface area contributed by atoms with Gasteiger partial charge in [0.1, 0.15) is 0 Å². The van der Waals surface area contributed by atoms with Crippen LogP contribution in [0.5, 0.6) is 0 Å². The van der Waals surface area contributed by atoms with Gasteiger partial charge in [0.25, 0.3) is 0 Å². The Morgan fingerprint density at radius 3 is 3.05 bits per heavy atom. The van der Waals surface area contributed by atoms with E-state index in [4.69, 9.17) is 4.74 Å². The van der Waals surface area contributed by atoms with Crippen molar-refractivity contribution in [2.24, 2.45) is 4.99 Å². The molecule has 0 saturated heterocycles. The Bertz CT molecular complexity index is 463. The molecule has 0 radical (unpaired) electrons. The van der Waals surface area contributed by atoms with Gasteiger partial charge in [-0.05, 0) is 24.1 Å². The average Bonchev–Trinajstić information content (AvgIpc) is 2.45. The van der Waals surface area contributed by atoms with Gasteiger partial charge in [0.05, 0.1) is 12.7 Å². The molecule has 0 aromatic heterocycles. The van der Waals surface area contributed by atoms with Crippen molar-refractivity contribution >= 4 is 35.9 Å². The first kappa shape index (κ1) is 15.7. The highest BCUT2D eigenvalue weighted by Crippen LogP contribution is 2.06. The van der Waals surface area contributed by atoms with Gasteiger partial charge in [0.2, 0.25) is 0 Å². The van der Waals surface area contributed by atoms with Gasteiger partial charge in [-0.2, -0.15) is 0 Å². The number of aliphatic imine (C=N–C) groups is 1. The molecule has 104 valence electrons. The van der Waals surface area contributed by atoms with Crippen LogP contribution in [0.15, 0.2) is 29.3 Å². The largest absolute Gasteiger partial charge is 0.465 e. The van der Waals surface area contributed by atoms with E-state index in [9.17, 15) is 4.79 Å². The Morgan fingerprint density at radius 1 is 1.53 bits per heavy atom. The van der Waals surface area contributed by atoms with E-state index in [1.165, 1.54) is 7.11 Å². The molecule has 0 fully saturated rings. The van der Waals surface area contributed by atoms with Crippen LogP contribution in [0.2, 0.25) is 0 Å². The molecule has 0 amide bonds. The number of nitrogens with zero attached hydrogens (tertiary/aromatic N) is 1. The number of hydrogen-bond donors (Lipinski definition) is 2. The van der Waals surface area contributed by atoms with Crippen molar-refractivity contribution < 1.29 is 9.53 Å². The summed E-state index contributed by atoms with van der Waals surface area (Å²) in [5.74, 6) is 0.509. The SMILES string of the molecule is COC(=O)c1cccc(CNC2=NCCCN2)c1.I. The number of methoxy groups -OCH3 is 1. The van der Waals surface area contributed by atoms with Gasteiger partial charge in [0, 0.05) is 19.6 Å². The fraction of sp³-hybridized carbons (Fsp3) is 0.385. The average molecular weight is 375 g/mol. The van der Waals surface area contributed by atoms with Crippen molar-refractivity contribution in [3.05, 3.63) is 35.4 Å². The van der Waals surface area contributed by atoms with Gasteiger partial charge in [0.15, 0.2) is 5.96 Å². The zero-order valence-corrected chi connectivity index (χ0v) is 13.1. The molecule has 1 aromatic rings. The van der Waals surface area contributed by atoms with Crippen LogP contribution < -0.4 is 10.6 Å². The van der Waals surface area contributed by atoms with Crippen molar-refractivity contribution in [3.63, 3.8) is 0 Å². The Hall–Kier alpha value is -1.31. The second-order valence-electron chi connectivity index (χ2n) is 4.06. The number of ether oxygens (including phenoxy) is 1. The lowest BCUT2D eigenvalue weighted by molar-refractivity contribution is 0.0600. The number of carbonyl (C=O) groups is 1. The first-order valence-corrected chi connectivity index (χ1v) is 5.99. The van der Waals surface area contributed by atoms with Crippen molar-refractivity contribution in [1.82, 2.24) is 10.6 Å². The van der Waals surface area contributed by atoms with Crippen LogP contribution in [0.1, 0.15) is 22.3 Å². The van der Waals surface area contributed by atoms with Gasteiger partial charge in [-0.25, -0.2) is 4.79 Å². The maximum Gasteiger partial charge on any atom is 0.337 e. The Balaban J connectivity index is 0.00000180. The molecule has 1 aromatic carbocycles. The Labute approximate surface area is 129 Å². The number of hydrogen-bond acceptors (Lipinski definition) is 5. The molecule has 19 heavy (non-hydrogen) atoms. The fourth-order valence-corrected chi connectivity index (χ4v) is 1.76. The molecule has 2 N–H and O–H groups in total. The third kappa shape index (κ3) is 4.70. The smallest absolute Gasteiger partial charge is 0.337 e. The van der Waals surface area contributed by atoms with Gasteiger partial charge < -0.3 is 15.4 Å². The summed E-state index contributed by atoms with van der Waals surface area (Å²) in [4.78, 5) is 15.7. The number of nitrogens with one attached hydrogen (secondary N) is 2. The minimum absolute atomic E-state index is 0. The molecule has 0 spiro atoms. The van der Waals surface area contributed by atoms with Crippen LogP contribution in [0.25, 0.3) is 0 Å². The predicted molar refractivity (Wildman–Crippen MR) is 85.0 cm³/mol. The van der Waals surface area contributed by atoms with E-state index in [-0.39, 0.29) is 29.9 Å². The summed E-state index contributed by atoms with van der Waals surface area (Å²) < 4.78 is 4.69. The Morgan fingerprint density at radius 2 is 2.37 bits per heavy atom. The number of guanidine groups is 1. The summed E-state index contributed by atoms with van der Waals surface area (Å²) in [5.41, 5.74) is 1.59. The molecule has 1 aliphatic rings. The second-order valence-corrected chi connectivity index (χ2v) is 4.06. The third-order valence-electron chi connectivity index (χ3n) is 2.71. The zero-order chi connectivity index (χ0) is 12.8. The number of halogens is 1. The van der Waals surface area contributed by atoms with Crippen LogP contribution >= 0.6 is 24.0 Å². The van der Waals surface area contributed by atoms with Crippen molar-refractivity contribution in [3.8, 4) is 0 Å². The van der Waals surface area contributed by atoms with E-state index in [2.05, 4.69) is 15.6 Å². The van der Waals surface area contributed by atoms with E-state index in [1.54, 1.807) is 6.07 Å². The van der Waals surface area contributed by atoms with E-state index in [0.717, 1.165) is 31.0 Å². The molecule has 0 aliphatic carbocycles. The van der Waals surface area contributed by atoms with Crippen LogP contribution in [0.4, 0.5) is 0 Å². The van der Waals surface area contributed by atoms with Crippen molar-refractivity contribution in [2.45, 2.75) is 13.0 Å². The lowest BCUT2D eigenvalue weighted by atomic mass is 10.1. The number of carbonyl (C=O) groups excluding carboxylic acids is 1. The normalized spacial score (nSPS) is 13.6. The number of rotatable bonds is 3. The maximum absolute atomic E-state index is 11.4. The van der Waals surface area contributed by atoms with E-state index >= 15 is 0 Å². The molecule has 1 aliphatic heterocycles. The molecule has 6 heteroatoms. The second kappa shape index (κ2) is 7.98. The zero-order valence-electron chi connectivity index (χ0n) is 10.8. The number of esters is 1. The van der Waals surface area contributed by atoms with Crippen LogP contribution in [0, 0.1) is 0 Å². The molecule has 1 heterocycles. The van der Waals surface area contributed by atoms with Crippen LogP contribution in [-0.2, 0) is 11.3 Å². The van der Waals surface area contributed by atoms with Gasteiger partial charge in [-0.3, -0.25) is 4.99 Å². The summed E-state index contributed by atoms with van der Waals surface area (Å²) in [6.07, 6.45) is 1.07. The fourth-order valence-electron chi connectivity index (χ4n) is 1.76. The first-order valence-electron chi connectivity index (χ1n) is 5.99. The van der Waals surface area contributed by atoms with Crippen LogP contribution in [0.3, 0.4) is 0 Å². The highest BCUT2D eigenvalue weighted by molar-refractivity contribution is 14.0. The lowest BCUT2D eigenvalue weighted by Crippen LogP contribution is -2.40. The van der Waals surface area contributed by atoms with Crippen LogP contribution in [-0.4, -0.2) is 32.1 Å². The van der Waals surface area contributed by atoms with Gasteiger partial charge in [-0.1, -0.05) is 12.1 Å². The highest BCUT2D eigenvalue weighted by atomic mass is 127. The quantitative estimate of drug-likeness (QED) is 0.622. The highest BCUT2D eigenvalue weighted by Gasteiger charge is 2.06. The first-order chi connectivity index (χ1) is 8.79. The maximum atomic E-state index is 11.4. The predicted octanol–water partition coefficient (Wildman–Crippen LogP) is 1.53. The summed E-state index contributed by atoms with van der Waals surface area (Å²) in [6.45, 7) is 2.45. The monoisotopic (exact) mass is 375 g/mol. The summed E-state index contributed by atoms with van der Waals surface area (Å²) in [7, 11) is 1.38. The van der Waals surface area contributed by atoms with Gasteiger partial charge >= 0.3 is 5.97 Å². The van der Waals surface area contributed by atoms with Gasteiger partial charge in [-0.15, -0.1) is 24.0 Å². The summed E-state index contributed by atoms with van der Waals surface area (Å²) >= 11 is 0. The molecule has 5 nitrogen and oxygen atoms in total. The molecule has 2 rings (SSSR count). The minimum atomic E-state index is -0.315. The van der Waals surface area contributed by atoms with E-state index < -0.39 is 0 Å². The van der Waals surface area contributed by atoms with E-state index in [1.807, 2.05) is 18.2 Å². The molecule has 0 atom stereocenters. The molecular formula is C13H18IN3O2. The molecular weight excluding hydrogens is 357 g/mol. The Kier molecular flexibility index (Phi) is 6.61. The standard InChI is InChI=1S/C13H17N3O2.HI/c1-18-12(17)11-5-2-4-10(8-11)9-16-13-14-6-3-7-15-13;/h2,4-5,8H,3,6-7,9H2,1H3,(H2,14,15,16);1H. The summed E-state index contributed by atoms with van der Waals surface area (Å²) in [6, 6.07) is 7.37. The third-order valence-corrected chi connectivity index (χ3v) is 2.71. The number of benzene rings is 1. The van der Waals surface area contributed by atoms with Crippen molar-refractivity contribution in [2.75, 3.05) is 20.2 Å². The minimum Gasteiger partial charge on any atom is -0.465 e. The molecule has 0 bridgehead atoms. The molecule has 0 saturated carbocycles. The summed E-state index contributed by atoms with van der Waals surface area (Å²) in [5, 5.41) is 6.39. The topological polar surface area (TPSA) is 62.7 Å². The lowest BCUT2D eigenvalue weighted by Gasteiger charge is -2.16.